The van der Waals surface area contributed by atoms with Crippen LogP contribution in [0.1, 0.15) is 13.3 Å². The van der Waals surface area contributed by atoms with Crippen LogP contribution < -0.4 is 33.2 Å². The van der Waals surface area contributed by atoms with Crippen LogP contribution in [0.5, 0.6) is 51.7 Å². The quantitative estimate of drug-likeness (QED) is 0.0419. The number of phenolic OH excluding ortho intramolecular Hbond substituents is 2. The largest absolute Gasteiger partial charge is 0.507 e. The van der Waals surface area contributed by atoms with Crippen LogP contribution in [0.25, 0.3) is 65.4 Å². The van der Waals surface area contributed by atoms with Crippen LogP contribution in [0.15, 0.2) is 238 Å². The number of para-hydroxylation sites is 10. The predicted octanol–water partition coefficient (Wildman–Crippen LogP) is 14.9. The fourth-order valence-corrected chi connectivity index (χ4v) is 11.9. The Morgan fingerprint density at radius 3 is 1.16 bits per heavy atom. The summed E-state index contributed by atoms with van der Waals surface area (Å²) in [6.45, 7) is 20.3. The van der Waals surface area contributed by atoms with Gasteiger partial charge in [0.25, 0.3) is 0 Å². The van der Waals surface area contributed by atoms with Gasteiger partial charge in [-0.05, 0) is 111 Å². The van der Waals surface area contributed by atoms with Crippen molar-refractivity contribution in [1.29, 1.82) is 0 Å². The summed E-state index contributed by atoms with van der Waals surface area (Å²) in [6, 6.07) is 64.2. The van der Waals surface area contributed by atoms with E-state index in [0.29, 0.717) is 81.6 Å². The number of aliphatic hydroxyl groups excluding tert-OH is 1. The molecular weight excluding hydrogens is 1240 g/mol. The average Bonchev–Trinajstić information content (AvgIpc) is 1.66. The maximum absolute atomic E-state index is 9.74. The highest BCUT2D eigenvalue weighted by atomic mass is 16.6. The molecule has 0 saturated carbocycles. The van der Waals surface area contributed by atoms with E-state index in [1.807, 2.05) is 175 Å². The lowest BCUT2D eigenvalue weighted by molar-refractivity contribution is 0.0971. The summed E-state index contributed by atoms with van der Waals surface area (Å²) in [5.41, 5.74) is 6.18. The van der Waals surface area contributed by atoms with Gasteiger partial charge in [-0.15, -0.1) is 0 Å². The summed E-state index contributed by atoms with van der Waals surface area (Å²) in [5.74, 6) is 7.87. The summed E-state index contributed by atoms with van der Waals surface area (Å²) >= 11 is 0. The van der Waals surface area contributed by atoms with Crippen molar-refractivity contribution in [2.24, 2.45) is 0 Å². The molecule has 3 saturated heterocycles. The second-order valence-corrected chi connectivity index (χ2v) is 23.2. The average molecular weight is 1330 g/mol. The Hall–Kier alpha value is -11.4. The standard InChI is InChI=1S/C26H26N2O4.C15H21NO3.C14H19NO4.2C12H9NO/c1-18-28(14-15-30-24-12-6-5-11-23(24)29-2)16-19(32-18)17-31-25-13-7-9-21-20-8-3-4-10-22(20)27-26(21)25;1-4-13-11-16(12(2)19-13)9-10-18-15-8-6-5-7-14(15)17-3;1-11-15(9-12(10-16)19-11)7-8-18-14-6-4-3-5-13(14)17-2;2*14-11-7-3-6-10-12(11)8-4-1-2-5-9(8)13-10/h3-13,19,27H,1,14-17H2,2H3;5-8,13H,2,4,9-11H2,1,3H3;3-6,12,16H,1,7-10H2,2H3;2*1-7,13-14H. The topological polar surface area (TPSA) is 210 Å². The molecule has 3 unspecified atom stereocenters. The van der Waals surface area contributed by atoms with Crippen molar-refractivity contribution in [3.8, 4) is 51.7 Å². The molecule has 15 rings (SSSR count). The number of H-pyrrole nitrogens is 3. The minimum atomic E-state index is -0.182. The van der Waals surface area contributed by atoms with Gasteiger partial charge in [0.1, 0.15) is 55.9 Å². The minimum absolute atomic E-state index is 0.00286. The van der Waals surface area contributed by atoms with Crippen LogP contribution in [-0.2, 0) is 14.2 Å². The third-order valence-electron chi connectivity index (χ3n) is 16.9. The van der Waals surface area contributed by atoms with Crippen molar-refractivity contribution in [3.05, 3.63) is 238 Å². The zero-order valence-electron chi connectivity index (χ0n) is 55.7. The maximum Gasteiger partial charge on any atom is 0.182 e. The van der Waals surface area contributed by atoms with Gasteiger partial charge in [0.15, 0.2) is 58.3 Å². The monoisotopic (exact) mass is 1320 g/mol. The van der Waals surface area contributed by atoms with Crippen molar-refractivity contribution in [1.82, 2.24) is 29.7 Å². The fraction of sp³-hybridized carbons (Fsp3) is 0.241. The third-order valence-corrected chi connectivity index (χ3v) is 16.9. The Kier molecular flexibility index (Phi) is 22.8. The highest BCUT2D eigenvalue weighted by Gasteiger charge is 2.29. The predicted molar refractivity (Wildman–Crippen MR) is 386 cm³/mol. The molecule has 19 nitrogen and oxygen atoms in total. The van der Waals surface area contributed by atoms with Crippen LogP contribution in [0.4, 0.5) is 0 Å². The number of aromatic hydroxyl groups is 2. The molecule has 6 N–H and O–H groups in total. The SMILES string of the molecule is C=C1OC(CC)CN1CCOc1ccccc1OC.C=C1OC(CO)CN1CCOc1ccccc1OC.C=C1OC(COc2cccc3c2[nH]c2ccccc23)CN1CCOc1ccccc1OC.Oc1cccc2[nH]c3ccccc3c12.Oc1cccc2[nH]c3ccccc3c12. The molecule has 3 fully saturated rings. The summed E-state index contributed by atoms with van der Waals surface area (Å²) in [7, 11) is 4.90. The molecule has 3 aliphatic heterocycles. The Morgan fingerprint density at radius 2 is 0.735 bits per heavy atom. The van der Waals surface area contributed by atoms with Crippen LogP contribution in [0.3, 0.4) is 0 Å². The smallest absolute Gasteiger partial charge is 0.182 e. The van der Waals surface area contributed by atoms with E-state index in [1.54, 1.807) is 33.5 Å². The van der Waals surface area contributed by atoms with Gasteiger partial charge in [-0.25, -0.2) is 0 Å². The lowest BCUT2D eigenvalue weighted by Gasteiger charge is -2.17. The van der Waals surface area contributed by atoms with Crippen LogP contribution >= 0.6 is 0 Å². The summed E-state index contributed by atoms with van der Waals surface area (Å²) in [5, 5.41) is 34.8. The number of fused-ring (bicyclic) bond motifs is 9. The highest BCUT2D eigenvalue weighted by molar-refractivity contribution is 6.11. The van der Waals surface area contributed by atoms with Crippen molar-refractivity contribution in [3.63, 3.8) is 0 Å². The number of aromatic nitrogens is 3. The van der Waals surface area contributed by atoms with E-state index in [1.165, 1.54) is 5.39 Å². The molecular formula is C79H84N6O13. The number of aliphatic hydroxyl groups is 1. The number of ether oxygens (including phenoxy) is 10. The lowest BCUT2D eigenvalue weighted by Crippen LogP contribution is -2.28. The number of methoxy groups -OCH3 is 3. The van der Waals surface area contributed by atoms with E-state index in [9.17, 15) is 10.2 Å². The zero-order valence-corrected chi connectivity index (χ0v) is 55.7. The van der Waals surface area contributed by atoms with Gasteiger partial charge in [-0.2, -0.15) is 0 Å². The van der Waals surface area contributed by atoms with E-state index in [-0.39, 0.29) is 24.9 Å². The zero-order chi connectivity index (χ0) is 68.3. The van der Waals surface area contributed by atoms with Crippen molar-refractivity contribution in [2.45, 2.75) is 31.7 Å². The molecule has 0 spiro atoms. The first-order valence-corrected chi connectivity index (χ1v) is 32.6. The first kappa shape index (κ1) is 68.0. The van der Waals surface area contributed by atoms with Crippen LogP contribution in [0, 0.1) is 0 Å². The summed E-state index contributed by atoms with van der Waals surface area (Å²) in [6.07, 6.45) is 0.994. The van der Waals surface area contributed by atoms with E-state index < -0.39 is 0 Å². The fourth-order valence-electron chi connectivity index (χ4n) is 11.9. The Morgan fingerprint density at radius 1 is 0.388 bits per heavy atom. The molecule has 0 aliphatic carbocycles. The first-order valence-electron chi connectivity index (χ1n) is 32.6. The van der Waals surface area contributed by atoms with E-state index >= 15 is 0 Å². The first-order chi connectivity index (χ1) is 47.9. The molecule has 6 heterocycles. The van der Waals surface area contributed by atoms with E-state index in [0.717, 1.165) is 120 Å². The van der Waals surface area contributed by atoms with E-state index in [4.69, 9.17) is 52.5 Å². The molecule has 3 atom stereocenters. The maximum atomic E-state index is 9.74. The summed E-state index contributed by atoms with van der Waals surface area (Å²) in [4.78, 5) is 16.1. The number of nitrogens with one attached hydrogen (secondary N) is 3. The van der Waals surface area contributed by atoms with Gasteiger partial charge in [-0.1, -0.05) is 122 Å². The normalized spacial score (nSPS) is 15.5. The number of phenols is 2. The second-order valence-electron chi connectivity index (χ2n) is 23.2. The minimum Gasteiger partial charge on any atom is -0.507 e. The second kappa shape index (κ2) is 32.8. The Balaban J connectivity index is 0.000000129. The molecule has 3 aliphatic rings. The number of hydrogen-bond donors (Lipinski definition) is 6. The van der Waals surface area contributed by atoms with Gasteiger partial charge >= 0.3 is 0 Å². The molecule has 9 aromatic carbocycles. The molecule has 508 valence electrons. The van der Waals surface area contributed by atoms with Gasteiger partial charge < -0.3 is 92.3 Å². The van der Waals surface area contributed by atoms with Crippen molar-refractivity contribution >= 4 is 65.4 Å². The number of nitrogens with zero attached hydrogens (tertiary/aromatic N) is 3. The van der Waals surface area contributed by atoms with E-state index in [2.05, 4.69) is 69.6 Å². The molecule has 98 heavy (non-hydrogen) atoms. The number of benzene rings is 9. The number of hydrogen-bond acceptors (Lipinski definition) is 16. The highest BCUT2D eigenvalue weighted by Crippen LogP contribution is 2.36. The molecule has 12 aromatic rings. The molecule has 19 heteroatoms. The van der Waals surface area contributed by atoms with Gasteiger partial charge in [0.2, 0.25) is 0 Å². The Labute approximate surface area is 569 Å². The molecule has 0 radical (unpaired) electrons. The molecule has 0 bridgehead atoms. The number of aromatic amines is 3. The van der Waals surface area contributed by atoms with Crippen molar-refractivity contribution in [2.75, 3.05) is 93.6 Å². The van der Waals surface area contributed by atoms with Gasteiger partial charge in [0, 0.05) is 48.9 Å². The van der Waals surface area contributed by atoms with Crippen molar-refractivity contribution < 1.29 is 62.7 Å². The van der Waals surface area contributed by atoms with Gasteiger partial charge in [-0.3, -0.25) is 0 Å². The molecule has 3 aromatic heterocycles. The van der Waals surface area contributed by atoms with Gasteiger partial charge in [0.05, 0.1) is 83.8 Å². The summed E-state index contributed by atoms with van der Waals surface area (Å²) < 4.78 is 56.2. The number of rotatable bonds is 20. The molecule has 0 amide bonds. The van der Waals surface area contributed by atoms with Crippen LogP contribution in [0.2, 0.25) is 0 Å². The Bertz CT molecular complexity index is 4450. The third kappa shape index (κ3) is 16.4. The van der Waals surface area contributed by atoms with Crippen LogP contribution in [-0.4, -0.2) is 157 Å². The lowest BCUT2D eigenvalue weighted by atomic mass is 10.1.